The summed E-state index contributed by atoms with van der Waals surface area (Å²) in [7, 11) is 0. The number of carbonyl (C=O) groups is 3. The summed E-state index contributed by atoms with van der Waals surface area (Å²) >= 11 is 6.11. The van der Waals surface area contributed by atoms with E-state index in [4.69, 9.17) is 11.6 Å². The molecule has 4 rings (SSSR count). The third-order valence-electron chi connectivity index (χ3n) is 5.81. The van der Waals surface area contributed by atoms with Crippen LogP contribution in [0.5, 0.6) is 0 Å². The van der Waals surface area contributed by atoms with Crippen LogP contribution in [-0.4, -0.2) is 65.1 Å². The van der Waals surface area contributed by atoms with Crippen molar-refractivity contribution in [3.63, 3.8) is 0 Å². The summed E-state index contributed by atoms with van der Waals surface area (Å²) in [4.78, 5) is 42.8. The Hall–Kier alpha value is -2.77. The summed E-state index contributed by atoms with van der Waals surface area (Å²) in [6, 6.07) is 9.55. The predicted octanol–water partition coefficient (Wildman–Crippen LogP) is 3.12. The topological polar surface area (TPSA) is 60.9 Å². The maximum absolute atomic E-state index is 13.2. The van der Waals surface area contributed by atoms with Gasteiger partial charge >= 0.3 is 0 Å². The SMILES string of the molecule is Cc1ccc2c(c1)C(=O)N(CCC(=O)N1CCN(Cc3ccc(F)cc3Cl)CC1)C2=O. The highest BCUT2D eigenvalue weighted by Gasteiger charge is 2.35. The number of halogens is 2. The van der Waals surface area contributed by atoms with Crippen LogP contribution in [-0.2, 0) is 11.3 Å². The zero-order chi connectivity index (χ0) is 22.1. The summed E-state index contributed by atoms with van der Waals surface area (Å²) in [5, 5.41) is 0.398. The zero-order valence-electron chi connectivity index (χ0n) is 17.2. The molecule has 2 heterocycles. The minimum Gasteiger partial charge on any atom is -0.340 e. The van der Waals surface area contributed by atoms with E-state index >= 15 is 0 Å². The fraction of sp³-hybridized carbons (Fsp3) is 0.348. The van der Waals surface area contributed by atoms with Gasteiger partial charge in [-0.25, -0.2) is 4.39 Å². The first-order chi connectivity index (χ1) is 14.8. The van der Waals surface area contributed by atoms with Gasteiger partial charge in [-0.3, -0.25) is 24.2 Å². The molecule has 8 heteroatoms. The molecule has 2 aliphatic rings. The third kappa shape index (κ3) is 4.48. The van der Waals surface area contributed by atoms with Gasteiger partial charge in [0.2, 0.25) is 5.91 Å². The molecule has 0 bridgehead atoms. The second kappa shape index (κ2) is 8.77. The number of amides is 3. The number of hydrogen-bond acceptors (Lipinski definition) is 4. The molecule has 0 saturated carbocycles. The Morgan fingerprint density at radius 3 is 2.42 bits per heavy atom. The van der Waals surface area contributed by atoms with Gasteiger partial charge in [0.1, 0.15) is 5.82 Å². The van der Waals surface area contributed by atoms with E-state index in [9.17, 15) is 18.8 Å². The molecule has 3 amide bonds. The number of fused-ring (bicyclic) bond motifs is 1. The normalized spacial score (nSPS) is 16.7. The summed E-state index contributed by atoms with van der Waals surface area (Å²) < 4.78 is 13.2. The fourth-order valence-electron chi connectivity index (χ4n) is 4.02. The minimum absolute atomic E-state index is 0.0767. The molecule has 0 spiro atoms. The molecular weight excluding hydrogens is 421 g/mol. The first-order valence-corrected chi connectivity index (χ1v) is 10.6. The maximum atomic E-state index is 13.2. The van der Waals surface area contributed by atoms with E-state index in [0.717, 1.165) is 16.0 Å². The van der Waals surface area contributed by atoms with Gasteiger partial charge in [0.05, 0.1) is 11.1 Å². The lowest BCUT2D eigenvalue weighted by atomic mass is 10.1. The van der Waals surface area contributed by atoms with Crippen LogP contribution in [0, 0.1) is 12.7 Å². The van der Waals surface area contributed by atoms with E-state index in [1.165, 1.54) is 12.1 Å². The third-order valence-corrected chi connectivity index (χ3v) is 6.16. The van der Waals surface area contributed by atoms with Gasteiger partial charge < -0.3 is 4.90 Å². The Balaban J connectivity index is 1.28. The molecular formula is C23H23ClFN3O3. The molecule has 0 atom stereocenters. The highest BCUT2D eigenvalue weighted by Crippen LogP contribution is 2.24. The minimum atomic E-state index is -0.364. The van der Waals surface area contributed by atoms with Gasteiger partial charge in [0.15, 0.2) is 0 Å². The highest BCUT2D eigenvalue weighted by atomic mass is 35.5. The van der Waals surface area contributed by atoms with Crippen molar-refractivity contribution in [1.29, 1.82) is 0 Å². The van der Waals surface area contributed by atoms with Gasteiger partial charge in [0.25, 0.3) is 11.8 Å². The second-order valence-corrected chi connectivity index (χ2v) is 8.36. The van der Waals surface area contributed by atoms with Crippen LogP contribution in [0.2, 0.25) is 5.02 Å². The smallest absolute Gasteiger partial charge is 0.261 e. The number of aryl methyl sites for hydroxylation is 1. The Morgan fingerprint density at radius 1 is 1.00 bits per heavy atom. The van der Waals surface area contributed by atoms with Gasteiger partial charge in [-0.1, -0.05) is 29.3 Å². The molecule has 0 N–H and O–H groups in total. The van der Waals surface area contributed by atoms with Crippen molar-refractivity contribution >= 4 is 29.3 Å². The summed E-state index contributed by atoms with van der Waals surface area (Å²) in [5.41, 5.74) is 2.57. The summed E-state index contributed by atoms with van der Waals surface area (Å²) in [6.07, 6.45) is 0.105. The Bertz CT molecular complexity index is 1050. The molecule has 162 valence electrons. The molecule has 0 unspecified atom stereocenters. The Morgan fingerprint density at radius 2 is 1.71 bits per heavy atom. The molecule has 0 radical (unpaired) electrons. The van der Waals surface area contributed by atoms with Crippen LogP contribution in [0.25, 0.3) is 0 Å². The lowest BCUT2D eigenvalue weighted by molar-refractivity contribution is -0.133. The van der Waals surface area contributed by atoms with Crippen molar-refractivity contribution in [2.24, 2.45) is 0 Å². The van der Waals surface area contributed by atoms with Gasteiger partial charge in [-0.2, -0.15) is 0 Å². The van der Waals surface area contributed by atoms with Crippen LogP contribution < -0.4 is 0 Å². The molecule has 1 fully saturated rings. The van der Waals surface area contributed by atoms with E-state index in [-0.39, 0.29) is 36.5 Å². The van der Waals surface area contributed by atoms with E-state index in [0.29, 0.717) is 48.9 Å². The average molecular weight is 444 g/mol. The van der Waals surface area contributed by atoms with Crippen LogP contribution in [0.3, 0.4) is 0 Å². The van der Waals surface area contributed by atoms with Crippen molar-refractivity contribution in [3.8, 4) is 0 Å². The molecule has 2 aromatic carbocycles. The quantitative estimate of drug-likeness (QED) is 0.666. The van der Waals surface area contributed by atoms with Gasteiger partial charge in [0, 0.05) is 50.7 Å². The molecule has 2 aliphatic heterocycles. The summed E-state index contributed by atoms with van der Waals surface area (Å²) in [5.74, 6) is -1.11. The number of piperazine rings is 1. The van der Waals surface area contributed by atoms with Crippen LogP contribution in [0.15, 0.2) is 36.4 Å². The van der Waals surface area contributed by atoms with Crippen LogP contribution in [0.4, 0.5) is 4.39 Å². The molecule has 2 aromatic rings. The number of benzene rings is 2. The average Bonchev–Trinajstić information content (AvgIpc) is 2.98. The lowest BCUT2D eigenvalue weighted by Gasteiger charge is -2.35. The second-order valence-electron chi connectivity index (χ2n) is 7.95. The number of nitrogens with zero attached hydrogens (tertiary/aromatic N) is 3. The first-order valence-electron chi connectivity index (χ1n) is 10.2. The molecule has 0 aromatic heterocycles. The van der Waals surface area contributed by atoms with E-state index in [2.05, 4.69) is 4.90 Å². The summed E-state index contributed by atoms with van der Waals surface area (Å²) in [6.45, 7) is 4.99. The molecule has 31 heavy (non-hydrogen) atoms. The number of carbonyl (C=O) groups excluding carboxylic acids is 3. The zero-order valence-corrected chi connectivity index (χ0v) is 18.0. The number of rotatable bonds is 5. The van der Waals surface area contributed by atoms with E-state index < -0.39 is 0 Å². The number of hydrogen-bond donors (Lipinski definition) is 0. The highest BCUT2D eigenvalue weighted by molar-refractivity contribution is 6.31. The largest absolute Gasteiger partial charge is 0.340 e. The standard InChI is InChI=1S/C23H23ClFN3O3/c1-15-2-5-18-19(12-15)23(31)28(22(18)30)7-6-21(29)27-10-8-26(9-11-27)14-16-3-4-17(25)13-20(16)24/h2-5,12-13H,6-11,14H2,1H3. The Kier molecular flexibility index (Phi) is 6.07. The predicted molar refractivity (Wildman–Crippen MR) is 114 cm³/mol. The monoisotopic (exact) mass is 443 g/mol. The van der Waals surface area contributed by atoms with Crippen molar-refractivity contribution < 1.29 is 18.8 Å². The molecule has 1 saturated heterocycles. The first kappa shape index (κ1) is 21.5. The van der Waals surface area contributed by atoms with E-state index in [1.807, 2.05) is 6.92 Å². The maximum Gasteiger partial charge on any atom is 0.261 e. The lowest BCUT2D eigenvalue weighted by Crippen LogP contribution is -2.49. The van der Waals surface area contributed by atoms with Crippen LogP contribution >= 0.6 is 11.6 Å². The van der Waals surface area contributed by atoms with Crippen molar-refractivity contribution in [2.45, 2.75) is 19.9 Å². The van der Waals surface area contributed by atoms with Gasteiger partial charge in [-0.05, 0) is 36.8 Å². The molecule has 6 nitrogen and oxygen atoms in total. The van der Waals surface area contributed by atoms with Crippen LogP contribution in [0.1, 0.15) is 38.3 Å². The van der Waals surface area contributed by atoms with Crippen molar-refractivity contribution in [1.82, 2.24) is 14.7 Å². The van der Waals surface area contributed by atoms with Crippen molar-refractivity contribution in [3.05, 3.63) is 69.5 Å². The Labute approximate surface area is 185 Å². The number of imide groups is 1. The fourth-order valence-corrected chi connectivity index (χ4v) is 4.25. The van der Waals surface area contributed by atoms with Crippen molar-refractivity contribution in [2.75, 3.05) is 32.7 Å². The van der Waals surface area contributed by atoms with E-state index in [1.54, 1.807) is 29.2 Å². The van der Waals surface area contributed by atoms with Gasteiger partial charge in [-0.15, -0.1) is 0 Å². The molecule has 0 aliphatic carbocycles.